The highest BCUT2D eigenvalue weighted by Gasteiger charge is 2.05. The van der Waals surface area contributed by atoms with Crippen LogP contribution in [0.25, 0.3) is 0 Å². The van der Waals surface area contributed by atoms with Gasteiger partial charge in [-0.25, -0.2) is 0 Å². The van der Waals surface area contributed by atoms with Crippen molar-refractivity contribution in [1.82, 2.24) is 5.32 Å². The van der Waals surface area contributed by atoms with E-state index < -0.39 is 0 Å². The molecule has 0 amide bonds. The van der Waals surface area contributed by atoms with Crippen molar-refractivity contribution in [2.45, 2.75) is 32.9 Å². The van der Waals surface area contributed by atoms with E-state index >= 15 is 0 Å². The molecule has 0 spiro atoms. The molecule has 0 aliphatic rings. The summed E-state index contributed by atoms with van der Waals surface area (Å²) in [5.41, 5.74) is 2.44. The lowest BCUT2D eigenvalue weighted by Crippen LogP contribution is -2.17. The molecule has 2 rings (SSSR count). The summed E-state index contributed by atoms with van der Waals surface area (Å²) in [7, 11) is 0. The van der Waals surface area contributed by atoms with Crippen LogP contribution < -0.4 is 10.1 Å². The van der Waals surface area contributed by atoms with Crippen LogP contribution in [-0.4, -0.2) is 6.61 Å². The molecule has 112 valence electrons. The molecule has 0 aromatic heterocycles. The minimum atomic E-state index is 0.264. The van der Waals surface area contributed by atoms with E-state index in [1.54, 1.807) is 0 Å². The van der Waals surface area contributed by atoms with Gasteiger partial charge in [0.05, 0.1) is 6.61 Å². The summed E-state index contributed by atoms with van der Waals surface area (Å²) in [4.78, 5) is 0. The van der Waals surface area contributed by atoms with Crippen LogP contribution in [-0.2, 0) is 6.54 Å². The van der Waals surface area contributed by atoms with Crippen molar-refractivity contribution in [3.63, 3.8) is 0 Å². The third-order valence-electron chi connectivity index (χ3n) is 3.36. The van der Waals surface area contributed by atoms with Crippen molar-refractivity contribution in [2.24, 2.45) is 0 Å². The van der Waals surface area contributed by atoms with Crippen LogP contribution in [0.2, 0.25) is 5.02 Å². The first kappa shape index (κ1) is 15.9. The Kier molecular flexibility index (Phi) is 6.09. The van der Waals surface area contributed by atoms with Gasteiger partial charge >= 0.3 is 0 Å². The Morgan fingerprint density at radius 2 is 1.90 bits per heavy atom. The van der Waals surface area contributed by atoms with Crippen LogP contribution in [0.4, 0.5) is 0 Å². The van der Waals surface area contributed by atoms with Gasteiger partial charge in [0.2, 0.25) is 0 Å². The van der Waals surface area contributed by atoms with Gasteiger partial charge in [-0.2, -0.15) is 0 Å². The Morgan fingerprint density at radius 3 is 2.57 bits per heavy atom. The molecule has 0 heterocycles. The topological polar surface area (TPSA) is 21.3 Å². The van der Waals surface area contributed by atoms with Crippen molar-refractivity contribution in [2.75, 3.05) is 6.61 Å². The summed E-state index contributed by atoms with van der Waals surface area (Å²) in [6, 6.07) is 16.5. The Labute approximate surface area is 132 Å². The number of nitrogens with one attached hydrogen (secondary N) is 1. The van der Waals surface area contributed by atoms with E-state index in [0.717, 1.165) is 30.3 Å². The maximum atomic E-state index is 6.02. The van der Waals surface area contributed by atoms with Crippen LogP contribution in [0.15, 0.2) is 48.5 Å². The van der Waals surface area contributed by atoms with Gasteiger partial charge in [0.1, 0.15) is 5.75 Å². The molecule has 0 aliphatic carbocycles. The fourth-order valence-electron chi connectivity index (χ4n) is 2.09. The number of halogens is 1. The van der Waals surface area contributed by atoms with Gasteiger partial charge in [-0.1, -0.05) is 42.8 Å². The van der Waals surface area contributed by atoms with Crippen molar-refractivity contribution in [3.05, 3.63) is 64.7 Å². The number of hydrogen-bond acceptors (Lipinski definition) is 2. The molecule has 0 aliphatic heterocycles. The first-order valence-corrected chi connectivity index (χ1v) is 7.77. The molecule has 0 unspecified atom stereocenters. The molecule has 0 bridgehead atoms. The second-order valence-electron chi connectivity index (χ2n) is 5.15. The van der Waals surface area contributed by atoms with Crippen molar-refractivity contribution in [3.8, 4) is 5.75 Å². The average molecular weight is 304 g/mol. The molecule has 0 fully saturated rings. The first-order chi connectivity index (χ1) is 10.2. The second-order valence-corrected chi connectivity index (χ2v) is 5.59. The molecule has 2 aromatic carbocycles. The highest BCUT2D eigenvalue weighted by Crippen LogP contribution is 2.18. The maximum Gasteiger partial charge on any atom is 0.119 e. The normalized spacial score (nSPS) is 12.1. The number of rotatable bonds is 7. The molecule has 2 aromatic rings. The fourth-order valence-corrected chi connectivity index (χ4v) is 2.29. The Hall–Kier alpha value is -1.51. The lowest BCUT2D eigenvalue weighted by molar-refractivity contribution is 0.317. The van der Waals surface area contributed by atoms with Gasteiger partial charge in [-0.3, -0.25) is 0 Å². The molecular weight excluding hydrogens is 282 g/mol. The standard InChI is InChI=1S/C18H22ClNO/c1-3-11-21-18-9-7-15(8-10-18)13-20-14(2)16-5-4-6-17(19)12-16/h4-10,12,14,20H,3,11,13H2,1-2H3/t14-/m1/s1. The van der Waals surface area contributed by atoms with E-state index in [4.69, 9.17) is 16.3 Å². The van der Waals surface area contributed by atoms with Crippen LogP contribution >= 0.6 is 11.6 Å². The van der Waals surface area contributed by atoms with Crippen LogP contribution in [0.3, 0.4) is 0 Å². The SMILES string of the molecule is CCCOc1ccc(CN[C@H](C)c2cccc(Cl)c2)cc1. The lowest BCUT2D eigenvalue weighted by atomic mass is 10.1. The number of hydrogen-bond donors (Lipinski definition) is 1. The van der Waals surface area contributed by atoms with Crippen molar-refractivity contribution < 1.29 is 4.74 Å². The highest BCUT2D eigenvalue weighted by molar-refractivity contribution is 6.30. The van der Waals surface area contributed by atoms with Gasteiger partial charge in [0, 0.05) is 17.6 Å². The summed E-state index contributed by atoms with van der Waals surface area (Å²) >= 11 is 6.02. The molecule has 21 heavy (non-hydrogen) atoms. The van der Waals surface area contributed by atoms with Gasteiger partial charge < -0.3 is 10.1 Å². The van der Waals surface area contributed by atoms with Crippen molar-refractivity contribution in [1.29, 1.82) is 0 Å². The van der Waals surface area contributed by atoms with E-state index in [1.807, 2.05) is 30.3 Å². The predicted octanol–water partition coefficient (Wildman–Crippen LogP) is 4.98. The maximum absolute atomic E-state index is 6.02. The minimum absolute atomic E-state index is 0.264. The third-order valence-corrected chi connectivity index (χ3v) is 3.59. The number of ether oxygens (including phenoxy) is 1. The molecule has 0 saturated carbocycles. The van der Waals surface area contributed by atoms with E-state index in [0.29, 0.717) is 0 Å². The Balaban J connectivity index is 1.87. The van der Waals surface area contributed by atoms with Crippen molar-refractivity contribution >= 4 is 11.6 Å². The van der Waals surface area contributed by atoms with Gasteiger partial charge in [0.15, 0.2) is 0 Å². The zero-order valence-electron chi connectivity index (χ0n) is 12.6. The monoisotopic (exact) mass is 303 g/mol. The lowest BCUT2D eigenvalue weighted by Gasteiger charge is -2.15. The predicted molar refractivity (Wildman–Crippen MR) is 88.9 cm³/mol. The zero-order chi connectivity index (χ0) is 15.1. The smallest absolute Gasteiger partial charge is 0.119 e. The summed E-state index contributed by atoms with van der Waals surface area (Å²) in [5, 5.41) is 4.28. The summed E-state index contributed by atoms with van der Waals surface area (Å²) in [6.07, 6.45) is 1.03. The molecule has 1 atom stereocenters. The molecule has 3 heteroatoms. The largest absolute Gasteiger partial charge is 0.494 e. The van der Waals surface area contributed by atoms with E-state index in [1.165, 1.54) is 11.1 Å². The minimum Gasteiger partial charge on any atom is -0.494 e. The van der Waals surface area contributed by atoms with E-state index in [2.05, 4.69) is 37.4 Å². The highest BCUT2D eigenvalue weighted by atomic mass is 35.5. The quantitative estimate of drug-likeness (QED) is 0.779. The van der Waals surface area contributed by atoms with Crippen LogP contribution in [0.5, 0.6) is 5.75 Å². The molecular formula is C18H22ClNO. The molecule has 0 saturated heterocycles. The average Bonchev–Trinajstić information content (AvgIpc) is 2.51. The first-order valence-electron chi connectivity index (χ1n) is 7.39. The molecule has 1 N–H and O–H groups in total. The van der Waals surface area contributed by atoms with E-state index in [9.17, 15) is 0 Å². The van der Waals surface area contributed by atoms with Gasteiger partial charge in [0.25, 0.3) is 0 Å². The Morgan fingerprint density at radius 1 is 1.14 bits per heavy atom. The second kappa shape index (κ2) is 8.06. The zero-order valence-corrected chi connectivity index (χ0v) is 13.4. The summed E-state index contributed by atoms with van der Waals surface area (Å²) in [5.74, 6) is 0.934. The van der Waals surface area contributed by atoms with Crippen LogP contribution in [0.1, 0.15) is 37.4 Å². The van der Waals surface area contributed by atoms with Crippen LogP contribution in [0, 0.1) is 0 Å². The third kappa shape index (κ3) is 5.07. The molecule has 2 nitrogen and oxygen atoms in total. The van der Waals surface area contributed by atoms with Gasteiger partial charge in [-0.15, -0.1) is 0 Å². The summed E-state index contributed by atoms with van der Waals surface area (Å²) in [6.45, 7) is 5.84. The van der Waals surface area contributed by atoms with Gasteiger partial charge in [-0.05, 0) is 48.7 Å². The Bertz CT molecular complexity index is 553. The summed E-state index contributed by atoms with van der Waals surface area (Å²) < 4.78 is 5.58. The van der Waals surface area contributed by atoms with E-state index in [-0.39, 0.29) is 6.04 Å². The molecule has 0 radical (unpaired) electrons. The fraction of sp³-hybridized carbons (Fsp3) is 0.333. The number of benzene rings is 2.